The predicted octanol–water partition coefficient (Wildman–Crippen LogP) is 3.22. The number of hydrogen-bond acceptors (Lipinski definition) is 8. The largest absolute Gasteiger partial charge is 0.494 e. The zero-order valence-electron chi connectivity index (χ0n) is 18.2. The number of amides is 1. The highest BCUT2D eigenvalue weighted by Gasteiger charge is 2.19. The van der Waals surface area contributed by atoms with Crippen LogP contribution in [-0.2, 0) is 4.79 Å². The van der Waals surface area contributed by atoms with Gasteiger partial charge in [0.05, 0.1) is 12.8 Å². The van der Waals surface area contributed by atoms with Crippen molar-refractivity contribution in [1.82, 2.24) is 14.9 Å². The monoisotopic (exact) mass is 433 g/mol. The number of nitrogen functional groups attached to an aromatic ring is 1. The number of carbonyl (C=O) groups excluding carboxylic acids is 1. The molecule has 0 spiro atoms. The Morgan fingerprint density at radius 3 is 2.59 bits per heavy atom. The standard InChI is InChI=1S/C23H27N7O2/c1-16(31)29-10-12-30(13-11-29)19-6-7-20(21(15-19)32-2)27-23-25-9-8-22(28-23)26-18-5-3-4-17(24)14-18/h3-9,14-15H,10-13,24H2,1-2H3,(H2,25,26,27,28). The van der Waals surface area contributed by atoms with Crippen molar-refractivity contribution in [3.63, 3.8) is 0 Å². The molecule has 0 atom stereocenters. The van der Waals surface area contributed by atoms with Crippen LogP contribution >= 0.6 is 0 Å². The summed E-state index contributed by atoms with van der Waals surface area (Å²) in [4.78, 5) is 24.5. The number of rotatable bonds is 6. The number of anilines is 6. The van der Waals surface area contributed by atoms with Crippen LogP contribution in [0.25, 0.3) is 0 Å². The highest BCUT2D eigenvalue weighted by Crippen LogP contribution is 2.32. The number of piperazine rings is 1. The molecule has 1 aliphatic rings. The number of hydrogen-bond donors (Lipinski definition) is 3. The van der Waals surface area contributed by atoms with Crippen LogP contribution in [0.1, 0.15) is 6.92 Å². The van der Waals surface area contributed by atoms with Crippen molar-refractivity contribution in [2.75, 3.05) is 54.6 Å². The maximum Gasteiger partial charge on any atom is 0.229 e. The quantitative estimate of drug-likeness (QED) is 0.509. The van der Waals surface area contributed by atoms with Crippen molar-refractivity contribution in [3.05, 3.63) is 54.7 Å². The van der Waals surface area contributed by atoms with Gasteiger partial charge in [-0.05, 0) is 36.4 Å². The molecule has 1 fully saturated rings. The first-order valence-electron chi connectivity index (χ1n) is 10.4. The highest BCUT2D eigenvalue weighted by molar-refractivity contribution is 5.74. The van der Waals surface area contributed by atoms with Crippen molar-refractivity contribution in [3.8, 4) is 5.75 Å². The van der Waals surface area contributed by atoms with Gasteiger partial charge in [0.2, 0.25) is 11.9 Å². The van der Waals surface area contributed by atoms with E-state index in [9.17, 15) is 4.79 Å². The fourth-order valence-corrected chi connectivity index (χ4v) is 3.63. The summed E-state index contributed by atoms with van der Waals surface area (Å²) in [5.74, 6) is 1.90. The Bertz CT molecular complexity index is 1100. The fourth-order valence-electron chi connectivity index (χ4n) is 3.63. The summed E-state index contributed by atoms with van der Waals surface area (Å²) in [5, 5.41) is 6.46. The van der Waals surface area contributed by atoms with Gasteiger partial charge in [0.15, 0.2) is 0 Å². The van der Waals surface area contributed by atoms with Crippen molar-refractivity contribution < 1.29 is 9.53 Å². The number of carbonyl (C=O) groups is 1. The van der Waals surface area contributed by atoms with Gasteiger partial charge in [-0.15, -0.1) is 0 Å². The molecule has 1 aromatic heterocycles. The normalized spacial score (nSPS) is 13.6. The molecule has 0 bridgehead atoms. The predicted molar refractivity (Wildman–Crippen MR) is 127 cm³/mol. The van der Waals surface area contributed by atoms with E-state index in [-0.39, 0.29) is 5.91 Å². The molecule has 0 radical (unpaired) electrons. The lowest BCUT2D eigenvalue weighted by Gasteiger charge is -2.35. The lowest BCUT2D eigenvalue weighted by Crippen LogP contribution is -2.48. The van der Waals surface area contributed by atoms with E-state index in [0.29, 0.717) is 23.2 Å². The second-order valence-electron chi connectivity index (χ2n) is 7.52. The molecule has 2 heterocycles. The second-order valence-corrected chi connectivity index (χ2v) is 7.52. The van der Waals surface area contributed by atoms with Gasteiger partial charge in [0.1, 0.15) is 11.6 Å². The molecular weight excluding hydrogens is 406 g/mol. The molecule has 4 N–H and O–H groups in total. The third-order valence-corrected chi connectivity index (χ3v) is 5.34. The first-order chi connectivity index (χ1) is 15.5. The molecule has 1 saturated heterocycles. The lowest BCUT2D eigenvalue weighted by atomic mass is 10.2. The Kier molecular flexibility index (Phi) is 6.25. The summed E-state index contributed by atoms with van der Waals surface area (Å²) in [5.41, 5.74) is 9.18. The third kappa shape index (κ3) is 5.00. The SMILES string of the molecule is COc1cc(N2CCN(C(C)=O)CC2)ccc1Nc1nccc(Nc2cccc(N)c2)n1. The number of nitrogens with zero attached hydrogens (tertiary/aromatic N) is 4. The molecule has 4 rings (SSSR count). The molecule has 32 heavy (non-hydrogen) atoms. The van der Waals surface area contributed by atoms with E-state index in [1.807, 2.05) is 47.4 Å². The van der Waals surface area contributed by atoms with Gasteiger partial charge in [-0.3, -0.25) is 4.79 Å². The van der Waals surface area contributed by atoms with Crippen LogP contribution in [0.2, 0.25) is 0 Å². The van der Waals surface area contributed by atoms with Crippen molar-refractivity contribution in [2.24, 2.45) is 0 Å². The van der Waals surface area contributed by atoms with Crippen LogP contribution in [0.4, 0.5) is 34.5 Å². The minimum absolute atomic E-state index is 0.120. The van der Waals surface area contributed by atoms with E-state index in [1.165, 1.54) is 0 Å². The van der Waals surface area contributed by atoms with Crippen LogP contribution in [0.15, 0.2) is 54.7 Å². The molecular formula is C23H27N7O2. The Morgan fingerprint density at radius 1 is 1.06 bits per heavy atom. The number of nitrogens with two attached hydrogens (primary N) is 1. The van der Waals surface area contributed by atoms with Gasteiger partial charge in [0.25, 0.3) is 0 Å². The topological polar surface area (TPSA) is 109 Å². The van der Waals surface area contributed by atoms with Crippen LogP contribution in [0.3, 0.4) is 0 Å². The average molecular weight is 434 g/mol. The van der Waals surface area contributed by atoms with Gasteiger partial charge in [-0.25, -0.2) is 4.98 Å². The molecule has 0 unspecified atom stereocenters. The first kappa shape index (κ1) is 21.2. The summed E-state index contributed by atoms with van der Waals surface area (Å²) in [6.45, 7) is 4.63. The minimum Gasteiger partial charge on any atom is -0.494 e. The van der Waals surface area contributed by atoms with E-state index >= 15 is 0 Å². The maximum absolute atomic E-state index is 11.6. The molecule has 9 nitrogen and oxygen atoms in total. The molecule has 2 aromatic carbocycles. The van der Waals surface area contributed by atoms with Crippen LogP contribution in [0, 0.1) is 0 Å². The van der Waals surface area contributed by atoms with E-state index in [2.05, 4.69) is 25.5 Å². The molecule has 9 heteroatoms. The number of methoxy groups -OCH3 is 1. The van der Waals surface area contributed by atoms with Crippen LogP contribution < -0.4 is 26.0 Å². The van der Waals surface area contributed by atoms with E-state index in [4.69, 9.17) is 10.5 Å². The Hall–Kier alpha value is -4.01. The Labute approximate surface area is 187 Å². The van der Waals surface area contributed by atoms with Crippen molar-refractivity contribution in [1.29, 1.82) is 0 Å². The fraction of sp³-hybridized carbons (Fsp3) is 0.261. The lowest BCUT2D eigenvalue weighted by molar-refractivity contribution is -0.129. The smallest absolute Gasteiger partial charge is 0.229 e. The molecule has 1 aliphatic heterocycles. The highest BCUT2D eigenvalue weighted by atomic mass is 16.5. The van der Waals surface area contributed by atoms with E-state index in [1.54, 1.807) is 26.3 Å². The van der Waals surface area contributed by atoms with E-state index in [0.717, 1.165) is 43.2 Å². The summed E-state index contributed by atoms with van der Waals surface area (Å²) >= 11 is 0. The summed E-state index contributed by atoms with van der Waals surface area (Å²) in [6.07, 6.45) is 1.68. The zero-order chi connectivity index (χ0) is 22.5. The number of aromatic nitrogens is 2. The first-order valence-corrected chi connectivity index (χ1v) is 10.4. The Morgan fingerprint density at radius 2 is 1.88 bits per heavy atom. The number of nitrogens with one attached hydrogen (secondary N) is 2. The molecule has 0 saturated carbocycles. The van der Waals surface area contributed by atoms with Gasteiger partial charge >= 0.3 is 0 Å². The van der Waals surface area contributed by atoms with Gasteiger partial charge in [0, 0.05) is 62.4 Å². The zero-order valence-corrected chi connectivity index (χ0v) is 18.2. The number of ether oxygens (including phenoxy) is 1. The summed E-state index contributed by atoms with van der Waals surface area (Å²) in [6, 6.07) is 15.2. The molecule has 166 valence electrons. The maximum atomic E-state index is 11.6. The minimum atomic E-state index is 0.120. The van der Waals surface area contributed by atoms with Crippen molar-refractivity contribution >= 4 is 40.4 Å². The van der Waals surface area contributed by atoms with Gasteiger partial charge in [-0.1, -0.05) is 6.07 Å². The van der Waals surface area contributed by atoms with Crippen molar-refractivity contribution in [2.45, 2.75) is 6.92 Å². The number of benzene rings is 2. The third-order valence-electron chi connectivity index (χ3n) is 5.34. The molecule has 3 aromatic rings. The molecule has 1 amide bonds. The average Bonchev–Trinajstić information content (AvgIpc) is 2.80. The van der Waals surface area contributed by atoms with E-state index < -0.39 is 0 Å². The van der Waals surface area contributed by atoms with Crippen LogP contribution in [-0.4, -0.2) is 54.1 Å². The molecule has 0 aliphatic carbocycles. The van der Waals surface area contributed by atoms with Crippen LogP contribution in [0.5, 0.6) is 5.75 Å². The summed E-state index contributed by atoms with van der Waals surface area (Å²) in [7, 11) is 1.64. The summed E-state index contributed by atoms with van der Waals surface area (Å²) < 4.78 is 5.61. The Balaban J connectivity index is 1.47. The van der Waals surface area contributed by atoms with Gasteiger partial charge in [-0.2, -0.15) is 4.98 Å². The second kappa shape index (κ2) is 9.42. The van der Waals surface area contributed by atoms with Gasteiger partial charge < -0.3 is 30.9 Å².